The number of hydrogen-bond acceptors (Lipinski definition) is 2. The third-order valence-corrected chi connectivity index (χ3v) is 7.75. The van der Waals surface area contributed by atoms with Crippen LogP contribution in [0.25, 0.3) is 11.4 Å². The zero-order valence-corrected chi connectivity index (χ0v) is 23.4. The van der Waals surface area contributed by atoms with Crippen LogP contribution >= 0.6 is 0 Å². The van der Waals surface area contributed by atoms with Gasteiger partial charge in [-0.2, -0.15) is 0 Å². The Morgan fingerprint density at radius 1 is 0.474 bits per heavy atom. The normalized spacial score (nSPS) is 15.3. The second-order valence-electron chi connectivity index (χ2n) is 10.6. The molecule has 2 aliphatic rings. The Balaban J connectivity index is 1.66. The topological polar surface area (TPSA) is 40.6 Å². The first-order chi connectivity index (χ1) is 18.7. The van der Waals surface area contributed by atoms with Gasteiger partial charge in [0, 0.05) is 13.1 Å². The van der Waals surface area contributed by atoms with Crippen molar-refractivity contribution in [2.24, 2.45) is 0 Å². The lowest BCUT2D eigenvalue weighted by Crippen LogP contribution is -2.31. The number of hydrogen-bond donors (Lipinski definition) is 0. The Hall–Kier alpha value is -3.14. The zero-order valence-electron chi connectivity index (χ0n) is 23.4. The fraction of sp³-hybridized carbons (Fsp3) is 0.471. The Bertz CT molecular complexity index is 1040. The molecule has 0 saturated carbocycles. The van der Waals surface area contributed by atoms with Crippen LogP contribution in [0.3, 0.4) is 0 Å². The average Bonchev–Trinajstić information content (AvgIpc) is 3.40. The molecule has 0 fully saturated rings. The number of nitrogens with zero attached hydrogens (tertiary/aromatic N) is 2. The summed E-state index contributed by atoms with van der Waals surface area (Å²) >= 11 is 0. The molecule has 0 aliphatic carbocycles. The first kappa shape index (κ1) is 27.9. The number of carbonyl (C=O) groups is 2. The van der Waals surface area contributed by atoms with Crippen molar-refractivity contribution in [1.29, 1.82) is 0 Å². The van der Waals surface area contributed by atoms with Gasteiger partial charge in [0.2, 0.25) is 0 Å². The third kappa shape index (κ3) is 6.28. The van der Waals surface area contributed by atoms with Crippen molar-refractivity contribution in [3.8, 4) is 0 Å². The highest BCUT2D eigenvalue weighted by atomic mass is 16.2. The summed E-state index contributed by atoms with van der Waals surface area (Å²) in [5.41, 5.74) is 4.66. The van der Waals surface area contributed by atoms with Gasteiger partial charge in [-0.3, -0.25) is 9.59 Å². The fourth-order valence-corrected chi connectivity index (χ4v) is 5.72. The number of carbonyl (C=O) groups excluding carboxylic acids is 2. The summed E-state index contributed by atoms with van der Waals surface area (Å²) in [6.07, 6.45) is 13.9. The van der Waals surface area contributed by atoms with Crippen molar-refractivity contribution in [3.63, 3.8) is 0 Å². The monoisotopic (exact) mass is 512 g/mol. The molecule has 38 heavy (non-hydrogen) atoms. The quantitative estimate of drug-likeness (QED) is 0.213. The minimum Gasteiger partial charge on any atom is -0.307 e. The van der Waals surface area contributed by atoms with Crippen LogP contribution in [0.1, 0.15) is 102 Å². The predicted octanol–water partition coefficient (Wildman–Crippen LogP) is 8.21. The number of amides is 2. The van der Waals surface area contributed by atoms with E-state index in [0.29, 0.717) is 24.2 Å². The Labute approximate surface area is 229 Å². The van der Waals surface area contributed by atoms with Crippen LogP contribution in [0, 0.1) is 0 Å². The van der Waals surface area contributed by atoms with Crippen LogP contribution < -0.4 is 0 Å². The highest BCUT2D eigenvalue weighted by Gasteiger charge is 2.48. The van der Waals surface area contributed by atoms with Crippen LogP contribution in [-0.4, -0.2) is 34.7 Å². The molecule has 0 N–H and O–H groups in total. The van der Waals surface area contributed by atoms with Gasteiger partial charge in [0.25, 0.3) is 11.8 Å². The number of benzene rings is 2. The summed E-state index contributed by atoms with van der Waals surface area (Å²) in [5.74, 6) is -0.0462. The number of rotatable bonds is 16. The summed E-state index contributed by atoms with van der Waals surface area (Å²) in [6, 6.07) is 20.0. The fourth-order valence-electron chi connectivity index (χ4n) is 5.72. The van der Waals surface area contributed by atoms with Gasteiger partial charge in [-0.25, -0.2) is 0 Å². The van der Waals surface area contributed by atoms with Crippen molar-refractivity contribution in [1.82, 2.24) is 9.80 Å². The number of unbranched alkanes of at least 4 members (excludes halogenated alkanes) is 10. The average molecular weight is 513 g/mol. The molecule has 0 spiro atoms. The van der Waals surface area contributed by atoms with E-state index < -0.39 is 0 Å². The highest BCUT2D eigenvalue weighted by Crippen LogP contribution is 2.46. The van der Waals surface area contributed by atoms with Crippen molar-refractivity contribution < 1.29 is 9.59 Å². The lowest BCUT2D eigenvalue weighted by atomic mass is 10.0. The van der Waals surface area contributed by atoms with E-state index in [1.54, 1.807) is 0 Å². The zero-order chi connectivity index (χ0) is 26.7. The molecule has 4 rings (SSSR count). The lowest BCUT2D eigenvalue weighted by Gasteiger charge is -2.25. The maximum Gasteiger partial charge on any atom is 0.261 e. The molecule has 2 aromatic rings. The van der Waals surface area contributed by atoms with Crippen molar-refractivity contribution in [2.75, 3.05) is 13.1 Å². The minimum absolute atomic E-state index is 0.0231. The minimum atomic E-state index is -0.0231. The van der Waals surface area contributed by atoms with Gasteiger partial charge in [0.05, 0.1) is 22.5 Å². The van der Waals surface area contributed by atoms with Crippen molar-refractivity contribution in [2.45, 2.75) is 90.9 Å². The summed E-state index contributed by atoms with van der Waals surface area (Å²) < 4.78 is 0. The molecule has 0 radical (unpaired) electrons. The van der Waals surface area contributed by atoms with E-state index in [1.165, 1.54) is 51.4 Å². The summed E-state index contributed by atoms with van der Waals surface area (Å²) in [4.78, 5) is 32.0. The Morgan fingerprint density at radius 2 is 0.816 bits per heavy atom. The summed E-state index contributed by atoms with van der Waals surface area (Å²) in [6.45, 7) is 5.75. The molecule has 0 bridgehead atoms. The van der Waals surface area contributed by atoms with Crippen LogP contribution in [0.15, 0.2) is 71.8 Å². The maximum absolute atomic E-state index is 14.1. The predicted molar refractivity (Wildman–Crippen MR) is 157 cm³/mol. The van der Waals surface area contributed by atoms with Gasteiger partial charge in [-0.15, -0.1) is 0 Å². The Kier molecular flexibility index (Phi) is 10.4. The second-order valence-corrected chi connectivity index (χ2v) is 10.6. The van der Waals surface area contributed by atoms with E-state index in [4.69, 9.17) is 0 Å². The molecule has 202 valence electrons. The molecule has 2 heterocycles. The smallest absolute Gasteiger partial charge is 0.261 e. The van der Waals surface area contributed by atoms with Gasteiger partial charge in [0.1, 0.15) is 0 Å². The molecular formula is C34H44N2O2. The lowest BCUT2D eigenvalue weighted by molar-refractivity contribution is -0.124. The molecule has 4 heteroatoms. The van der Waals surface area contributed by atoms with Gasteiger partial charge >= 0.3 is 0 Å². The van der Waals surface area contributed by atoms with Crippen molar-refractivity contribution in [3.05, 3.63) is 82.9 Å². The van der Waals surface area contributed by atoms with Gasteiger partial charge in [-0.05, 0) is 24.0 Å². The van der Waals surface area contributed by atoms with Gasteiger partial charge in [-0.1, -0.05) is 139 Å². The molecule has 2 aliphatic heterocycles. The van der Waals surface area contributed by atoms with E-state index in [9.17, 15) is 9.59 Å². The van der Waals surface area contributed by atoms with Gasteiger partial charge < -0.3 is 9.80 Å². The van der Waals surface area contributed by atoms with Crippen molar-refractivity contribution >= 4 is 23.2 Å². The van der Waals surface area contributed by atoms with Crippen LogP contribution in [0.4, 0.5) is 0 Å². The first-order valence-electron chi connectivity index (χ1n) is 14.9. The largest absolute Gasteiger partial charge is 0.307 e. The first-order valence-corrected chi connectivity index (χ1v) is 14.9. The van der Waals surface area contributed by atoms with Gasteiger partial charge in [0.15, 0.2) is 0 Å². The molecule has 0 unspecified atom stereocenters. The van der Waals surface area contributed by atoms with Crippen LogP contribution in [-0.2, 0) is 9.59 Å². The standard InChI is InChI=1S/C34H44N2O2/c1-3-5-7-9-11-19-25-35-31(27-21-15-13-16-22-27)29-30(33(35)37)32(28-23-17-14-18-24-28)36(34(29)38)26-20-12-10-8-6-4-2/h13-18,21-24H,3-12,19-20,25-26H2,1-2H3. The van der Waals surface area contributed by atoms with Crippen LogP contribution in [0.2, 0.25) is 0 Å². The van der Waals surface area contributed by atoms with E-state index >= 15 is 0 Å². The van der Waals surface area contributed by atoms with E-state index in [2.05, 4.69) is 13.8 Å². The molecular weight excluding hydrogens is 468 g/mol. The summed E-state index contributed by atoms with van der Waals surface area (Å²) in [5, 5.41) is 0. The van der Waals surface area contributed by atoms with Crippen LogP contribution in [0.5, 0.6) is 0 Å². The molecule has 0 aromatic heterocycles. The maximum atomic E-state index is 14.1. The Morgan fingerprint density at radius 3 is 1.18 bits per heavy atom. The molecule has 0 saturated heterocycles. The third-order valence-electron chi connectivity index (χ3n) is 7.75. The SMILES string of the molecule is CCCCCCCCN1C(=O)C2=C(c3ccccc3)N(CCCCCCCC)C(=O)C2=C1c1ccccc1. The second kappa shape index (κ2) is 14.1. The molecule has 2 aromatic carbocycles. The molecule has 4 nitrogen and oxygen atoms in total. The number of fused-ring (bicyclic) bond motifs is 1. The van der Waals surface area contributed by atoms with E-state index in [-0.39, 0.29) is 11.8 Å². The molecule has 0 atom stereocenters. The van der Waals surface area contributed by atoms with E-state index in [1.807, 2.05) is 70.5 Å². The molecule has 2 amide bonds. The highest BCUT2D eigenvalue weighted by molar-refractivity contribution is 6.30. The van der Waals surface area contributed by atoms with E-state index in [0.717, 1.165) is 48.2 Å². The summed E-state index contributed by atoms with van der Waals surface area (Å²) in [7, 11) is 0.